The van der Waals surface area contributed by atoms with E-state index in [9.17, 15) is 4.79 Å². The van der Waals surface area contributed by atoms with Crippen LogP contribution in [0.25, 0.3) is 0 Å². The largest absolute Gasteiger partial charge is 0.334 e. The van der Waals surface area contributed by atoms with Crippen molar-refractivity contribution in [1.82, 2.24) is 9.80 Å². The van der Waals surface area contributed by atoms with Crippen molar-refractivity contribution in [3.63, 3.8) is 0 Å². The fraction of sp³-hybridized carbons (Fsp3) is 0.412. The predicted molar refractivity (Wildman–Crippen MR) is 80.8 cm³/mol. The van der Waals surface area contributed by atoms with Crippen molar-refractivity contribution >= 4 is 5.91 Å². The highest BCUT2D eigenvalue weighted by molar-refractivity contribution is 5.94. The molecule has 2 fully saturated rings. The summed E-state index contributed by atoms with van der Waals surface area (Å²) < 4.78 is 0. The number of rotatable bonds is 3. The van der Waals surface area contributed by atoms with Gasteiger partial charge in [0.05, 0.1) is 11.6 Å². The standard InChI is InChI=1S/C17H19N3O/c1-2-9-19-10-7-16-15(19)8-11-20(16)17(21)14-5-3-13(12-18)4-6-14/h2-6,15-16H,1,7-11H2/t15-,16-/m1/s1. The molecule has 3 rings (SSSR count). The maximum Gasteiger partial charge on any atom is 0.254 e. The first kappa shape index (κ1) is 13.8. The van der Waals surface area contributed by atoms with E-state index in [1.165, 1.54) is 0 Å². The molecule has 0 aliphatic carbocycles. The van der Waals surface area contributed by atoms with Gasteiger partial charge in [-0.1, -0.05) is 6.08 Å². The van der Waals surface area contributed by atoms with Crippen LogP contribution >= 0.6 is 0 Å². The van der Waals surface area contributed by atoms with Crippen molar-refractivity contribution in [1.29, 1.82) is 5.26 Å². The van der Waals surface area contributed by atoms with E-state index >= 15 is 0 Å². The average Bonchev–Trinajstić information content (AvgIpc) is 3.10. The lowest BCUT2D eigenvalue weighted by atomic mass is 10.1. The van der Waals surface area contributed by atoms with E-state index in [-0.39, 0.29) is 5.91 Å². The van der Waals surface area contributed by atoms with Crippen LogP contribution in [0.5, 0.6) is 0 Å². The predicted octanol–water partition coefficient (Wildman–Crippen LogP) is 2.03. The highest BCUT2D eigenvalue weighted by atomic mass is 16.2. The summed E-state index contributed by atoms with van der Waals surface area (Å²) in [4.78, 5) is 17.1. The molecule has 0 aromatic heterocycles. The van der Waals surface area contributed by atoms with E-state index in [0.29, 0.717) is 23.2 Å². The van der Waals surface area contributed by atoms with Crippen LogP contribution in [-0.4, -0.2) is 47.4 Å². The minimum Gasteiger partial charge on any atom is -0.334 e. The van der Waals surface area contributed by atoms with Gasteiger partial charge in [-0.15, -0.1) is 6.58 Å². The van der Waals surface area contributed by atoms with Crippen molar-refractivity contribution in [3.05, 3.63) is 48.0 Å². The van der Waals surface area contributed by atoms with Gasteiger partial charge < -0.3 is 4.90 Å². The van der Waals surface area contributed by atoms with Crippen LogP contribution in [-0.2, 0) is 0 Å². The number of hydrogen-bond donors (Lipinski definition) is 0. The van der Waals surface area contributed by atoms with Crippen molar-refractivity contribution in [2.45, 2.75) is 24.9 Å². The Morgan fingerprint density at radius 1 is 1.29 bits per heavy atom. The zero-order chi connectivity index (χ0) is 14.8. The lowest BCUT2D eigenvalue weighted by Gasteiger charge is -2.25. The van der Waals surface area contributed by atoms with Crippen molar-refractivity contribution in [3.8, 4) is 6.07 Å². The number of fused-ring (bicyclic) bond motifs is 1. The number of benzene rings is 1. The number of carbonyl (C=O) groups is 1. The quantitative estimate of drug-likeness (QED) is 0.797. The van der Waals surface area contributed by atoms with Gasteiger partial charge in [0.15, 0.2) is 0 Å². The minimum absolute atomic E-state index is 0.0902. The SMILES string of the molecule is C=CCN1CC[C@@H]2[C@H]1CCN2C(=O)c1ccc(C#N)cc1. The van der Waals surface area contributed by atoms with E-state index in [4.69, 9.17) is 5.26 Å². The molecule has 2 saturated heterocycles. The number of nitriles is 1. The van der Waals surface area contributed by atoms with Gasteiger partial charge in [0.2, 0.25) is 0 Å². The molecule has 108 valence electrons. The van der Waals surface area contributed by atoms with E-state index in [1.54, 1.807) is 24.3 Å². The first-order valence-electron chi connectivity index (χ1n) is 7.40. The number of hydrogen-bond acceptors (Lipinski definition) is 3. The van der Waals surface area contributed by atoms with Gasteiger partial charge in [-0.25, -0.2) is 0 Å². The molecule has 0 saturated carbocycles. The summed E-state index contributed by atoms with van der Waals surface area (Å²) in [6.07, 6.45) is 4.02. The molecule has 2 aliphatic heterocycles. The van der Waals surface area contributed by atoms with E-state index in [2.05, 4.69) is 17.5 Å². The first-order chi connectivity index (χ1) is 10.2. The molecule has 0 bridgehead atoms. The van der Waals surface area contributed by atoms with Crippen LogP contribution in [0, 0.1) is 11.3 Å². The van der Waals surface area contributed by atoms with Gasteiger partial charge >= 0.3 is 0 Å². The molecule has 0 radical (unpaired) electrons. The van der Waals surface area contributed by atoms with E-state index in [1.807, 2.05) is 11.0 Å². The number of nitrogens with zero attached hydrogens (tertiary/aromatic N) is 3. The second-order valence-corrected chi connectivity index (χ2v) is 5.68. The van der Waals surface area contributed by atoms with Crippen LogP contribution in [0.4, 0.5) is 0 Å². The highest BCUT2D eigenvalue weighted by Crippen LogP contribution is 2.32. The molecule has 21 heavy (non-hydrogen) atoms. The van der Waals surface area contributed by atoms with E-state index in [0.717, 1.165) is 32.5 Å². The van der Waals surface area contributed by atoms with Crippen molar-refractivity contribution in [2.24, 2.45) is 0 Å². The summed E-state index contributed by atoms with van der Waals surface area (Å²) in [6.45, 7) is 6.57. The Bertz CT molecular complexity index is 587. The van der Waals surface area contributed by atoms with Gasteiger partial charge in [-0.2, -0.15) is 5.26 Å². The molecular formula is C17H19N3O. The van der Waals surface area contributed by atoms with Gasteiger partial charge in [0, 0.05) is 37.3 Å². The fourth-order valence-corrected chi connectivity index (χ4v) is 3.57. The lowest BCUT2D eigenvalue weighted by Crippen LogP contribution is -2.39. The van der Waals surface area contributed by atoms with Crippen LogP contribution in [0.1, 0.15) is 28.8 Å². The maximum atomic E-state index is 12.7. The van der Waals surface area contributed by atoms with Crippen LogP contribution < -0.4 is 0 Å². The van der Waals surface area contributed by atoms with Gasteiger partial charge in [-0.05, 0) is 37.1 Å². The van der Waals surface area contributed by atoms with Crippen molar-refractivity contribution in [2.75, 3.05) is 19.6 Å². The van der Waals surface area contributed by atoms with Gasteiger partial charge in [0.25, 0.3) is 5.91 Å². The number of carbonyl (C=O) groups excluding carboxylic acids is 1. The molecule has 1 amide bonds. The van der Waals surface area contributed by atoms with Crippen molar-refractivity contribution < 1.29 is 4.79 Å². The Kier molecular flexibility index (Phi) is 3.76. The Hall–Kier alpha value is -2.12. The summed E-state index contributed by atoms with van der Waals surface area (Å²) in [7, 11) is 0. The fourth-order valence-electron chi connectivity index (χ4n) is 3.57. The molecule has 1 aromatic rings. The molecule has 0 unspecified atom stereocenters. The lowest BCUT2D eigenvalue weighted by molar-refractivity contribution is 0.0733. The van der Waals surface area contributed by atoms with Crippen LogP contribution in [0.3, 0.4) is 0 Å². The Balaban J connectivity index is 1.74. The second kappa shape index (κ2) is 5.71. The molecule has 2 aliphatic rings. The van der Waals surface area contributed by atoms with Crippen LogP contribution in [0.2, 0.25) is 0 Å². The topological polar surface area (TPSA) is 47.3 Å². The summed E-state index contributed by atoms with van der Waals surface area (Å²) in [5.74, 6) is 0.0902. The molecule has 4 nitrogen and oxygen atoms in total. The molecule has 0 spiro atoms. The van der Waals surface area contributed by atoms with Crippen LogP contribution in [0.15, 0.2) is 36.9 Å². The molecular weight excluding hydrogens is 262 g/mol. The van der Waals surface area contributed by atoms with Gasteiger partial charge in [-0.3, -0.25) is 9.69 Å². The third-order valence-electron chi connectivity index (χ3n) is 4.58. The molecule has 2 atom stereocenters. The van der Waals surface area contributed by atoms with E-state index < -0.39 is 0 Å². The summed E-state index contributed by atoms with van der Waals surface area (Å²) >= 11 is 0. The Morgan fingerprint density at radius 3 is 2.67 bits per heavy atom. The smallest absolute Gasteiger partial charge is 0.254 e. The zero-order valence-electron chi connectivity index (χ0n) is 12.0. The third kappa shape index (κ3) is 2.45. The summed E-state index contributed by atoms with van der Waals surface area (Å²) in [6, 6.07) is 9.81. The average molecular weight is 281 g/mol. The number of likely N-dealkylation sites (tertiary alicyclic amines) is 2. The molecule has 0 N–H and O–H groups in total. The monoisotopic (exact) mass is 281 g/mol. The summed E-state index contributed by atoms with van der Waals surface area (Å²) in [5, 5.41) is 8.82. The normalized spacial score (nSPS) is 24.6. The summed E-state index contributed by atoms with van der Waals surface area (Å²) in [5.41, 5.74) is 1.26. The molecule has 1 aromatic carbocycles. The highest BCUT2D eigenvalue weighted by Gasteiger charge is 2.43. The maximum absolute atomic E-state index is 12.7. The Morgan fingerprint density at radius 2 is 2.00 bits per heavy atom. The minimum atomic E-state index is 0.0902. The molecule has 2 heterocycles. The molecule has 4 heteroatoms. The third-order valence-corrected chi connectivity index (χ3v) is 4.58. The number of amides is 1. The Labute approximate surface area is 125 Å². The first-order valence-corrected chi connectivity index (χ1v) is 7.40. The second-order valence-electron chi connectivity index (χ2n) is 5.68. The zero-order valence-corrected chi connectivity index (χ0v) is 12.0. The van der Waals surface area contributed by atoms with Gasteiger partial charge in [0.1, 0.15) is 0 Å².